The van der Waals surface area contributed by atoms with Crippen molar-refractivity contribution in [2.24, 2.45) is 0 Å². The van der Waals surface area contributed by atoms with Crippen LogP contribution in [0.3, 0.4) is 0 Å². The SMILES string of the molecule is C#CCCC(NCC)C(CC)OC. The molecule has 0 heterocycles. The molecule has 2 unspecified atom stereocenters. The lowest BCUT2D eigenvalue weighted by Crippen LogP contribution is -2.40. The second-order valence-corrected chi connectivity index (χ2v) is 3.09. The van der Waals surface area contributed by atoms with E-state index < -0.39 is 0 Å². The molecule has 2 heteroatoms. The summed E-state index contributed by atoms with van der Waals surface area (Å²) < 4.78 is 5.38. The number of rotatable bonds is 7. The number of hydrogen-bond donors (Lipinski definition) is 1. The van der Waals surface area contributed by atoms with Gasteiger partial charge in [0.1, 0.15) is 0 Å². The lowest BCUT2D eigenvalue weighted by molar-refractivity contribution is 0.0635. The molecule has 13 heavy (non-hydrogen) atoms. The number of likely N-dealkylation sites (N-methyl/N-ethyl adjacent to an activating group) is 1. The number of terminal acetylenes is 1. The van der Waals surface area contributed by atoms with Crippen molar-refractivity contribution in [3.63, 3.8) is 0 Å². The van der Waals surface area contributed by atoms with Crippen molar-refractivity contribution in [3.05, 3.63) is 0 Å². The van der Waals surface area contributed by atoms with Crippen LogP contribution >= 0.6 is 0 Å². The Bertz CT molecular complexity index is 147. The molecule has 1 N–H and O–H groups in total. The monoisotopic (exact) mass is 183 g/mol. The summed E-state index contributed by atoms with van der Waals surface area (Å²) >= 11 is 0. The molecule has 0 rings (SSSR count). The van der Waals surface area contributed by atoms with Crippen molar-refractivity contribution >= 4 is 0 Å². The Balaban J connectivity index is 3.97. The van der Waals surface area contributed by atoms with Crippen LogP contribution in [0.1, 0.15) is 33.1 Å². The van der Waals surface area contributed by atoms with Gasteiger partial charge >= 0.3 is 0 Å². The van der Waals surface area contributed by atoms with Crippen molar-refractivity contribution in [2.45, 2.75) is 45.3 Å². The fourth-order valence-electron chi connectivity index (χ4n) is 1.54. The first-order valence-corrected chi connectivity index (χ1v) is 4.99. The quantitative estimate of drug-likeness (QED) is 0.608. The van der Waals surface area contributed by atoms with Crippen LogP contribution < -0.4 is 5.32 Å². The highest BCUT2D eigenvalue weighted by atomic mass is 16.5. The van der Waals surface area contributed by atoms with E-state index >= 15 is 0 Å². The molecule has 0 aliphatic carbocycles. The van der Waals surface area contributed by atoms with Crippen LogP contribution in [0, 0.1) is 12.3 Å². The van der Waals surface area contributed by atoms with Gasteiger partial charge in [-0.05, 0) is 19.4 Å². The van der Waals surface area contributed by atoms with Crippen molar-refractivity contribution < 1.29 is 4.74 Å². The summed E-state index contributed by atoms with van der Waals surface area (Å²) in [6, 6.07) is 0.399. The Hall–Kier alpha value is -0.520. The van der Waals surface area contributed by atoms with Crippen LogP contribution in [0.25, 0.3) is 0 Å². The van der Waals surface area contributed by atoms with E-state index in [4.69, 9.17) is 11.2 Å². The van der Waals surface area contributed by atoms with Crippen LogP contribution in [0.4, 0.5) is 0 Å². The van der Waals surface area contributed by atoms with Crippen LogP contribution in [0.5, 0.6) is 0 Å². The summed E-state index contributed by atoms with van der Waals surface area (Å²) in [6.07, 6.45) is 8.36. The summed E-state index contributed by atoms with van der Waals surface area (Å²) in [4.78, 5) is 0. The zero-order valence-corrected chi connectivity index (χ0v) is 8.97. The first kappa shape index (κ1) is 12.5. The highest BCUT2D eigenvalue weighted by molar-refractivity contribution is 4.87. The van der Waals surface area contributed by atoms with E-state index in [-0.39, 0.29) is 6.10 Å². The minimum atomic E-state index is 0.285. The molecule has 0 aromatic carbocycles. The second-order valence-electron chi connectivity index (χ2n) is 3.09. The zero-order chi connectivity index (χ0) is 10.1. The van der Waals surface area contributed by atoms with Gasteiger partial charge in [-0.3, -0.25) is 0 Å². The third kappa shape index (κ3) is 4.92. The molecule has 2 atom stereocenters. The highest BCUT2D eigenvalue weighted by Gasteiger charge is 2.17. The Kier molecular flexibility index (Phi) is 7.77. The molecule has 0 saturated heterocycles. The van der Waals surface area contributed by atoms with Gasteiger partial charge in [-0.15, -0.1) is 12.3 Å². The third-order valence-corrected chi connectivity index (χ3v) is 2.22. The van der Waals surface area contributed by atoms with Gasteiger partial charge in [0.2, 0.25) is 0 Å². The Morgan fingerprint density at radius 1 is 1.46 bits per heavy atom. The molecule has 0 aromatic heterocycles. The smallest absolute Gasteiger partial charge is 0.0721 e. The molecule has 0 radical (unpaired) electrons. The summed E-state index contributed by atoms with van der Waals surface area (Å²) in [5, 5.41) is 3.40. The van der Waals surface area contributed by atoms with E-state index in [0.717, 1.165) is 25.8 Å². The lowest BCUT2D eigenvalue weighted by Gasteiger charge is -2.25. The molecule has 2 nitrogen and oxygen atoms in total. The fraction of sp³-hybridized carbons (Fsp3) is 0.818. The summed E-state index contributed by atoms with van der Waals surface area (Å²) in [5.74, 6) is 2.66. The van der Waals surface area contributed by atoms with E-state index in [1.807, 2.05) is 0 Å². The van der Waals surface area contributed by atoms with Gasteiger partial charge in [-0.2, -0.15) is 0 Å². The molecule has 0 bridgehead atoms. The van der Waals surface area contributed by atoms with Crippen LogP contribution in [0.15, 0.2) is 0 Å². The Morgan fingerprint density at radius 2 is 2.15 bits per heavy atom. The normalized spacial score (nSPS) is 14.9. The Morgan fingerprint density at radius 3 is 2.54 bits per heavy atom. The molecule has 0 aliphatic heterocycles. The molecule has 0 aromatic rings. The van der Waals surface area contributed by atoms with Crippen LogP contribution in [0.2, 0.25) is 0 Å². The first-order chi connectivity index (χ1) is 6.29. The van der Waals surface area contributed by atoms with Crippen LogP contribution in [-0.2, 0) is 4.74 Å². The van der Waals surface area contributed by atoms with E-state index in [1.54, 1.807) is 7.11 Å². The molecular formula is C11H21NO. The van der Waals surface area contributed by atoms with Gasteiger partial charge in [0.15, 0.2) is 0 Å². The van der Waals surface area contributed by atoms with Crippen molar-refractivity contribution in [1.82, 2.24) is 5.32 Å². The zero-order valence-electron chi connectivity index (χ0n) is 8.97. The minimum absolute atomic E-state index is 0.285. The lowest BCUT2D eigenvalue weighted by atomic mass is 10.0. The molecule has 0 saturated carbocycles. The summed E-state index contributed by atoms with van der Waals surface area (Å²) in [6.45, 7) is 5.20. The van der Waals surface area contributed by atoms with Gasteiger partial charge in [0.25, 0.3) is 0 Å². The van der Waals surface area contributed by atoms with Gasteiger partial charge < -0.3 is 10.1 Å². The molecule has 0 fully saturated rings. The number of methoxy groups -OCH3 is 1. The molecule has 0 amide bonds. The molecule has 76 valence electrons. The summed E-state index contributed by atoms with van der Waals surface area (Å²) in [5.41, 5.74) is 0. The first-order valence-electron chi connectivity index (χ1n) is 4.99. The van der Waals surface area contributed by atoms with Crippen molar-refractivity contribution in [3.8, 4) is 12.3 Å². The number of ether oxygens (including phenoxy) is 1. The van der Waals surface area contributed by atoms with E-state index in [9.17, 15) is 0 Å². The number of nitrogens with one attached hydrogen (secondary N) is 1. The van der Waals surface area contributed by atoms with Crippen molar-refractivity contribution in [2.75, 3.05) is 13.7 Å². The van der Waals surface area contributed by atoms with E-state index in [1.165, 1.54) is 0 Å². The topological polar surface area (TPSA) is 21.3 Å². The predicted octanol–water partition coefficient (Wildman–Crippen LogP) is 1.80. The molecule has 0 spiro atoms. The van der Waals surface area contributed by atoms with Gasteiger partial charge in [0.05, 0.1) is 6.10 Å². The maximum absolute atomic E-state index is 5.38. The maximum Gasteiger partial charge on any atom is 0.0721 e. The Labute approximate surface area is 82.1 Å². The fourth-order valence-corrected chi connectivity index (χ4v) is 1.54. The average molecular weight is 183 g/mol. The highest BCUT2D eigenvalue weighted by Crippen LogP contribution is 2.08. The van der Waals surface area contributed by atoms with Crippen molar-refractivity contribution in [1.29, 1.82) is 0 Å². The minimum Gasteiger partial charge on any atom is -0.380 e. The maximum atomic E-state index is 5.38. The van der Waals surface area contributed by atoms with Crippen LogP contribution in [-0.4, -0.2) is 25.8 Å². The number of hydrogen-bond acceptors (Lipinski definition) is 2. The summed E-state index contributed by atoms with van der Waals surface area (Å²) in [7, 11) is 1.76. The second kappa shape index (κ2) is 8.10. The van der Waals surface area contributed by atoms with Gasteiger partial charge in [0, 0.05) is 19.6 Å². The van der Waals surface area contributed by atoms with E-state index in [2.05, 4.69) is 25.1 Å². The largest absolute Gasteiger partial charge is 0.380 e. The van der Waals surface area contributed by atoms with Gasteiger partial charge in [-0.25, -0.2) is 0 Å². The average Bonchev–Trinajstić information content (AvgIpc) is 2.16. The third-order valence-electron chi connectivity index (χ3n) is 2.22. The predicted molar refractivity (Wildman–Crippen MR) is 56.6 cm³/mol. The molecule has 0 aliphatic rings. The standard InChI is InChI=1S/C11H21NO/c1-5-8-9-10(12-7-3)11(6-2)13-4/h1,10-12H,6-9H2,2-4H3. The van der Waals surface area contributed by atoms with Gasteiger partial charge in [-0.1, -0.05) is 13.8 Å². The molecular weight excluding hydrogens is 162 g/mol. The van der Waals surface area contributed by atoms with E-state index in [0.29, 0.717) is 6.04 Å².